The van der Waals surface area contributed by atoms with Crippen LogP contribution in [0.5, 0.6) is 0 Å². The zero-order chi connectivity index (χ0) is 12.2. The van der Waals surface area contributed by atoms with Crippen molar-refractivity contribution in [2.45, 2.75) is 48.5 Å². The monoisotopic (exact) mass is 304 g/mol. The van der Waals surface area contributed by atoms with E-state index in [-0.39, 0.29) is 0 Å². The van der Waals surface area contributed by atoms with E-state index in [2.05, 4.69) is 35.3 Å². The standard InChI is InChI=1S/C14H24OS3/c1-7-15-13(16-8-1)11-3-5-12(6-4-11)14-17-9-2-10-18-14/h11-14H,1-10H2. The largest absolute Gasteiger partial charge is 0.367 e. The van der Waals surface area contributed by atoms with Crippen LogP contribution in [0, 0.1) is 11.8 Å². The lowest BCUT2D eigenvalue weighted by Crippen LogP contribution is -2.31. The van der Waals surface area contributed by atoms with E-state index in [9.17, 15) is 0 Å². The van der Waals surface area contributed by atoms with Crippen LogP contribution in [0.3, 0.4) is 0 Å². The Hall–Kier alpha value is 1.01. The van der Waals surface area contributed by atoms with Gasteiger partial charge in [-0.2, -0.15) is 0 Å². The number of hydrogen-bond donors (Lipinski definition) is 0. The maximum absolute atomic E-state index is 5.95. The van der Waals surface area contributed by atoms with E-state index in [0.29, 0.717) is 5.44 Å². The van der Waals surface area contributed by atoms with Crippen LogP contribution in [-0.2, 0) is 4.74 Å². The molecular weight excluding hydrogens is 280 g/mol. The molecule has 0 N–H and O–H groups in total. The Morgan fingerprint density at radius 1 is 0.722 bits per heavy atom. The van der Waals surface area contributed by atoms with Crippen LogP contribution in [0.15, 0.2) is 0 Å². The molecule has 1 atom stereocenters. The van der Waals surface area contributed by atoms with Gasteiger partial charge in [0.15, 0.2) is 0 Å². The molecule has 0 bridgehead atoms. The van der Waals surface area contributed by atoms with Gasteiger partial charge in [-0.1, -0.05) is 0 Å². The van der Waals surface area contributed by atoms with Crippen LogP contribution < -0.4 is 0 Å². The summed E-state index contributed by atoms with van der Waals surface area (Å²) in [5.74, 6) is 5.97. The van der Waals surface area contributed by atoms with Gasteiger partial charge >= 0.3 is 0 Å². The van der Waals surface area contributed by atoms with Crippen molar-refractivity contribution in [3.05, 3.63) is 0 Å². The predicted octanol–water partition coefficient (Wildman–Crippen LogP) is 4.47. The molecule has 3 rings (SSSR count). The van der Waals surface area contributed by atoms with Crippen molar-refractivity contribution in [2.24, 2.45) is 11.8 Å². The lowest BCUT2D eigenvalue weighted by Gasteiger charge is -2.38. The quantitative estimate of drug-likeness (QED) is 0.744. The first-order valence-electron chi connectivity index (χ1n) is 7.40. The first kappa shape index (κ1) is 14.0. The number of hydrogen-bond acceptors (Lipinski definition) is 4. The molecule has 0 aromatic rings. The molecule has 2 aliphatic heterocycles. The summed E-state index contributed by atoms with van der Waals surface area (Å²) in [7, 11) is 0. The average Bonchev–Trinajstić information content (AvgIpc) is 2.49. The number of rotatable bonds is 2. The van der Waals surface area contributed by atoms with Crippen molar-refractivity contribution in [3.8, 4) is 0 Å². The SMILES string of the molecule is C1COC(C2CCC(C3SCCCS3)CC2)SC1. The van der Waals surface area contributed by atoms with Crippen molar-refractivity contribution in [1.82, 2.24) is 0 Å². The fourth-order valence-electron chi connectivity index (χ4n) is 3.25. The molecule has 1 aliphatic carbocycles. The first-order chi connectivity index (χ1) is 8.93. The highest BCUT2D eigenvalue weighted by Gasteiger charge is 2.33. The molecule has 2 heterocycles. The third kappa shape index (κ3) is 3.56. The van der Waals surface area contributed by atoms with Crippen LogP contribution in [0.4, 0.5) is 0 Å². The second-order valence-electron chi connectivity index (χ2n) is 5.60. The minimum atomic E-state index is 0.534. The molecule has 3 aliphatic rings. The Bertz CT molecular complexity index is 215. The normalized spacial score (nSPS) is 39.7. The summed E-state index contributed by atoms with van der Waals surface area (Å²) in [6.45, 7) is 1.01. The zero-order valence-electron chi connectivity index (χ0n) is 11.0. The lowest BCUT2D eigenvalue weighted by atomic mass is 9.83. The average molecular weight is 305 g/mol. The van der Waals surface area contributed by atoms with E-state index >= 15 is 0 Å². The Kier molecular flexibility index (Phi) is 5.54. The highest BCUT2D eigenvalue weighted by atomic mass is 32.2. The maximum Gasteiger partial charge on any atom is 0.106 e. The van der Waals surface area contributed by atoms with Gasteiger partial charge in [0.05, 0.1) is 4.58 Å². The van der Waals surface area contributed by atoms with Crippen molar-refractivity contribution >= 4 is 35.3 Å². The summed E-state index contributed by atoms with van der Waals surface area (Å²) < 4.78 is 6.87. The first-order valence-corrected chi connectivity index (χ1v) is 10.5. The van der Waals surface area contributed by atoms with Crippen molar-refractivity contribution < 1.29 is 4.74 Å². The van der Waals surface area contributed by atoms with Gasteiger partial charge in [-0.25, -0.2) is 0 Å². The summed E-state index contributed by atoms with van der Waals surface area (Å²) in [5.41, 5.74) is 0.534. The van der Waals surface area contributed by atoms with Crippen LogP contribution >= 0.6 is 35.3 Å². The predicted molar refractivity (Wildman–Crippen MR) is 85.6 cm³/mol. The summed E-state index contributed by atoms with van der Waals surface area (Å²) in [4.78, 5) is 0. The summed E-state index contributed by atoms with van der Waals surface area (Å²) >= 11 is 6.54. The highest BCUT2D eigenvalue weighted by Crippen LogP contribution is 2.45. The molecule has 1 saturated carbocycles. The van der Waals surface area contributed by atoms with Gasteiger partial charge < -0.3 is 4.74 Å². The molecule has 0 amide bonds. The van der Waals surface area contributed by atoms with Crippen LogP contribution in [0.1, 0.15) is 38.5 Å². The molecule has 4 heteroatoms. The van der Waals surface area contributed by atoms with E-state index in [1.165, 1.54) is 55.8 Å². The Labute approximate surface area is 124 Å². The molecule has 2 saturated heterocycles. The molecule has 0 spiro atoms. The molecule has 0 aromatic carbocycles. The summed E-state index contributed by atoms with van der Waals surface area (Å²) in [6.07, 6.45) is 8.42. The molecule has 1 unspecified atom stereocenters. The highest BCUT2D eigenvalue weighted by molar-refractivity contribution is 8.17. The van der Waals surface area contributed by atoms with Gasteiger partial charge in [0.25, 0.3) is 0 Å². The third-order valence-electron chi connectivity index (χ3n) is 4.29. The Morgan fingerprint density at radius 3 is 2.06 bits per heavy atom. The third-order valence-corrected chi connectivity index (χ3v) is 8.96. The number of thioether (sulfide) groups is 3. The minimum Gasteiger partial charge on any atom is -0.367 e. The number of ether oxygens (including phenoxy) is 1. The van der Waals surface area contributed by atoms with E-state index in [4.69, 9.17) is 4.74 Å². The molecule has 0 aromatic heterocycles. The van der Waals surface area contributed by atoms with Gasteiger partial charge in [-0.05, 0) is 67.6 Å². The maximum atomic E-state index is 5.95. The molecule has 3 fully saturated rings. The lowest BCUT2D eigenvalue weighted by molar-refractivity contribution is 0.0486. The van der Waals surface area contributed by atoms with Crippen LogP contribution in [0.25, 0.3) is 0 Å². The zero-order valence-corrected chi connectivity index (χ0v) is 13.5. The smallest absolute Gasteiger partial charge is 0.106 e. The topological polar surface area (TPSA) is 9.23 Å². The van der Waals surface area contributed by atoms with E-state index in [1.807, 2.05) is 0 Å². The van der Waals surface area contributed by atoms with E-state index in [1.54, 1.807) is 0 Å². The van der Waals surface area contributed by atoms with Gasteiger partial charge in [-0.15, -0.1) is 35.3 Å². The second-order valence-corrected chi connectivity index (χ2v) is 9.61. The molecule has 0 radical (unpaired) electrons. The molecule has 18 heavy (non-hydrogen) atoms. The molecule has 104 valence electrons. The van der Waals surface area contributed by atoms with Crippen LogP contribution in [-0.4, -0.2) is 33.9 Å². The second kappa shape index (κ2) is 7.14. The Balaban J connectivity index is 1.45. The summed E-state index contributed by atoms with van der Waals surface area (Å²) in [5, 5.41) is 0. The van der Waals surface area contributed by atoms with Gasteiger partial charge in [0.1, 0.15) is 5.44 Å². The fourth-order valence-corrected chi connectivity index (χ4v) is 7.82. The Morgan fingerprint density at radius 2 is 1.39 bits per heavy atom. The van der Waals surface area contributed by atoms with E-state index in [0.717, 1.165) is 23.0 Å². The van der Waals surface area contributed by atoms with Crippen LogP contribution in [0.2, 0.25) is 0 Å². The van der Waals surface area contributed by atoms with Crippen molar-refractivity contribution in [3.63, 3.8) is 0 Å². The van der Waals surface area contributed by atoms with Crippen molar-refractivity contribution in [2.75, 3.05) is 23.9 Å². The minimum absolute atomic E-state index is 0.534. The van der Waals surface area contributed by atoms with Gasteiger partial charge in [0.2, 0.25) is 0 Å². The summed E-state index contributed by atoms with van der Waals surface area (Å²) in [6, 6.07) is 0. The molecule has 1 nitrogen and oxygen atoms in total. The molecular formula is C14H24OS3. The van der Waals surface area contributed by atoms with E-state index < -0.39 is 0 Å². The van der Waals surface area contributed by atoms with Crippen molar-refractivity contribution in [1.29, 1.82) is 0 Å². The van der Waals surface area contributed by atoms with Gasteiger partial charge in [-0.3, -0.25) is 0 Å². The fraction of sp³-hybridized carbons (Fsp3) is 1.00. The van der Waals surface area contributed by atoms with Gasteiger partial charge in [0, 0.05) is 6.61 Å².